The number of rotatable bonds is 11. The molecule has 3 aliphatic carbocycles. The van der Waals surface area contributed by atoms with Crippen LogP contribution in [0.3, 0.4) is 0 Å². The van der Waals surface area contributed by atoms with E-state index in [4.69, 9.17) is 4.74 Å². The fourth-order valence-corrected chi connectivity index (χ4v) is 9.00. The Balaban J connectivity index is 1.27. The summed E-state index contributed by atoms with van der Waals surface area (Å²) in [6.07, 6.45) is 18.3. The van der Waals surface area contributed by atoms with Gasteiger partial charge in [0, 0.05) is 5.41 Å². The van der Waals surface area contributed by atoms with Gasteiger partial charge in [-0.25, -0.2) is 0 Å². The number of carbonyl (C=O) groups excluding carboxylic acids is 1. The topological polar surface area (TPSA) is 66.8 Å². The monoisotopic (exact) mass is 496 g/mol. The molecule has 0 spiro atoms. The molecule has 1 heterocycles. The van der Waals surface area contributed by atoms with Crippen LogP contribution in [0.1, 0.15) is 127 Å². The van der Waals surface area contributed by atoms with Crippen LogP contribution in [0.2, 0.25) is 0 Å². The van der Waals surface area contributed by atoms with Gasteiger partial charge < -0.3 is 14.9 Å². The van der Waals surface area contributed by atoms with E-state index in [0.29, 0.717) is 29.4 Å². The smallest absolute Gasteiger partial charge is 0.309 e. The first-order valence-electron chi connectivity index (χ1n) is 15.1. The van der Waals surface area contributed by atoms with Crippen molar-refractivity contribution in [2.45, 2.75) is 134 Å². The first-order valence-corrected chi connectivity index (χ1v) is 15.1. The van der Waals surface area contributed by atoms with Gasteiger partial charge in [0.25, 0.3) is 0 Å². The third kappa shape index (κ3) is 4.61. The minimum absolute atomic E-state index is 0.164. The standard InChI is InChI=1S/C32H48O4/c1-3-4-5-6-7-8-9-10-11-12-13-23-20-31(2)27(19-28-32(31,35)21-29(34)36-28)26-16-14-22-18-24(33)15-17-25(22)30(23)26/h15,17-18,23,26-28,30,33,35H,3-14,16,19-21H2,1-2H3/t23-,26?,27?,28+,30?,31-,32-/m0/s1. The van der Waals surface area contributed by atoms with Gasteiger partial charge >= 0.3 is 5.97 Å². The summed E-state index contributed by atoms with van der Waals surface area (Å²) in [5.41, 5.74) is 1.48. The van der Waals surface area contributed by atoms with Crippen LogP contribution in [0.5, 0.6) is 5.75 Å². The molecule has 4 nitrogen and oxygen atoms in total. The molecular formula is C32H48O4. The number of esters is 1. The Kier molecular flexibility index (Phi) is 7.73. The zero-order valence-electron chi connectivity index (χ0n) is 22.6. The predicted octanol–water partition coefficient (Wildman–Crippen LogP) is 7.44. The van der Waals surface area contributed by atoms with Gasteiger partial charge in [0.2, 0.25) is 0 Å². The summed E-state index contributed by atoms with van der Waals surface area (Å²) in [5.74, 6) is 2.05. The summed E-state index contributed by atoms with van der Waals surface area (Å²) in [4.78, 5) is 12.2. The minimum Gasteiger partial charge on any atom is -0.508 e. The Morgan fingerprint density at radius 2 is 1.72 bits per heavy atom. The Labute approximate surface area is 218 Å². The van der Waals surface area contributed by atoms with Crippen molar-refractivity contribution in [2.75, 3.05) is 0 Å². The number of aromatic hydroxyl groups is 1. The highest BCUT2D eigenvalue weighted by molar-refractivity contribution is 5.74. The lowest BCUT2D eigenvalue weighted by molar-refractivity contribution is -0.142. The molecule has 1 aromatic rings. The maximum Gasteiger partial charge on any atom is 0.309 e. The number of ether oxygens (including phenoxy) is 1. The average Bonchev–Trinajstić information content (AvgIpc) is 3.26. The van der Waals surface area contributed by atoms with E-state index in [2.05, 4.69) is 19.9 Å². The third-order valence-electron chi connectivity index (χ3n) is 10.8. The Morgan fingerprint density at radius 3 is 2.44 bits per heavy atom. The first kappa shape index (κ1) is 26.1. The molecule has 2 N–H and O–H groups in total. The van der Waals surface area contributed by atoms with Gasteiger partial charge in [-0.1, -0.05) is 84.1 Å². The SMILES string of the molecule is CCCCCCCCCCCC[C@H]1C[C@@]2(C)C(C[C@H]3OC(=O)C[C@]32O)C2CCc3cc(O)ccc3C21. The van der Waals surface area contributed by atoms with Crippen LogP contribution in [0.15, 0.2) is 18.2 Å². The van der Waals surface area contributed by atoms with Gasteiger partial charge in [0.05, 0.1) is 6.42 Å². The maximum absolute atomic E-state index is 12.2. The van der Waals surface area contributed by atoms with E-state index < -0.39 is 5.60 Å². The number of phenolic OH excluding ortho intramolecular Hbond substituents is 1. The molecule has 1 aliphatic heterocycles. The van der Waals surface area contributed by atoms with Crippen LogP contribution in [0.4, 0.5) is 0 Å². The molecule has 2 saturated carbocycles. The van der Waals surface area contributed by atoms with Gasteiger partial charge in [0.15, 0.2) is 0 Å². The van der Waals surface area contributed by atoms with Crippen molar-refractivity contribution in [2.24, 2.45) is 23.2 Å². The number of hydrogen-bond donors (Lipinski definition) is 2. The minimum atomic E-state index is -1.01. The van der Waals surface area contributed by atoms with Crippen molar-refractivity contribution in [3.63, 3.8) is 0 Å². The van der Waals surface area contributed by atoms with Crippen molar-refractivity contribution in [3.8, 4) is 5.75 Å². The van der Waals surface area contributed by atoms with Gasteiger partial charge in [-0.3, -0.25) is 4.79 Å². The highest BCUT2D eigenvalue weighted by Crippen LogP contribution is 2.68. The number of aryl methyl sites for hydroxylation is 1. The Morgan fingerprint density at radius 1 is 1.03 bits per heavy atom. The lowest BCUT2D eigenvalue weighted by Gasteiger charge is -2.56. The number of benzene rings is 1. The van der Waals surface area contributed by atoms with Crippen LogP contribution in [0.25, 0.3) is 0 Å². The van der Waals surface area contributed by atoms with Crippen LogP contribution < -0.4 is 0 Å². The molecule has 0 bridgehead atoms. The van der Waals surface area contributed by atoms with Crippen molar-refractivity contribution < 1.29 is 19.7 Å². The number of unbranched alkanes of at least 4 members (excludes halogenated alkanes) is 9. The van der Waals surface area contributed by atoms with E-state index in [1.54, 1.807) is 0 Å². The zero-order chi connectivity index (χ0) is 25.3. The Hall–Kier alpha value is -1.55. The van der Waals surface area contributed by atoms with E-state index in [0.717, 1.165) is 25.7 Å². The predicted molar refractivity (Wildman–Crippen MR) is 143 cm³/mol. The second-order valence-corrected chi connectivity index (χ2v) is 12.9. The van der Waals surface area contributed by atoms with E-state index in [-0.39, 0.29) is 23.9 Å². The van der Waals surface area contributed by atoms with Crippen LogP contribution in [-0.4, -0.2) is 27.9 Å². The molecular weight excluding hydrogens is 448 g/mol. The summed E-state index contributed by atoms with van der Waals surface area (Å²) in [7, 11) is 0. The number of fused-ring (bicyclic) bond motifs is 7. The van der Waals surface area contributed by atoms with E-state index >= 15 is 0 Å². The van der Waals surface area contributed by atoms with Crippen LogP contribution >= 0.6 is 0 Å². The fraction of sp³-hybridized carbons (Fsp3) is 0.781. The van der Waals surface area contributed by atoms with Gasteiger partial charge in [-0.2, -0.15) is 0 Å². The largest absolute Gasteiger partial charge is 0.508 e. The van der Waals surface area contributed by atoms with E-state index in [1.165, 1.54) is 81.8 Å². The quantitative estimate of drug-likeness (QED) is 0.247. The lowest BCUT2D eigenvalue weighted by atomic mass is 9.49. The molecule has 36 heavy (non-hydrogen) atoms. The summed E-state index contributed by atoms with van der Waals surface area (Å²) < 4.78 is 5.69. The molecule has 200 valence electrons. The summed E-state index contributed by atoms with van der Waals surface area (Å²) in [5, 5.41) is 22.0. The third-order valence-corrected chi connectivity index (χ3v) is 10.8. The second kappa shape index (κ2) is 10.7. The van der Waals surface area contributed by atoms with E-state index in [9.17, 15) is 15.0 Å². The molecule has 5 rings (SSSR count). The molecule has 0 aromatic heterocycles. The van der Waals surface area contributed by atoms with E-state index in [1.807, 2.05) is 12.1 Å². The van der Waals surface area contributed by atoms with Crippen molar-refractivity contribution >= 4 is 5.97 Å². The van der Waals surface area contributed by atoms with Crippen molar-refractivity contribution in [1.82, 2.24) is 0 Å². The summed E-state index contributed by atoms with van der Waals surface area (Å²) >= 11 is 0. The number of aliphatic hydroxyl groups is 1. The number of carbonyl (C=O) groups is 1. The maximum atomic E-state index is 12.2. The molecule has 7 atom stereocenters. The summed E-state index contributed by atoms with van der Waals surface area (Å²) in [6.45, 7) is 4.55. The molecule has 4 heteroatoms. The van der Waals surface area contributed by atoms with Crippen LogP contribution in [0, 0.1) is 23.2 Å². The lowest BCUT2D eigenvalue weighted by Crippen LogP contribution is -2.54. The normalized spacial score (nSPS) is 36.6. The Bertz CT molecular complexity index is 927. The molecule has 3 unspecified atom stereocenters. The van der Waals surface area contributed by atoms with Crippen molar-refractivity contribution in [3.05, 3.63) is 29.3 Å². The highest BCUT2D eigenvalue weighted by atomic mass is 16.6. The highest BCUT2D eigenvalue weighted by Gasteiger charge is 2.71. The molecule has 4 aliphatic rings. The number of hydrogen-bond acceptors (Lipinski definition) is 4. The molecule has 0 amide bonds. The first-order chi connectivity index (χ1) is 17.4. The van der Waals surface area contributed by atoms with Gasteiger partial charge in [-0.05, 0) is 79.0 Å². The van der Waals surface area contributed by atoms with Gasteiger partial charge in [0.1, 0.15) is 17.5 Å². The molecule has 1 saturated heterocycles. The average molecular weight is 497 g/mol. The summed E-state index contributed by atoms with van der Waals surface area (Å²) in [6, 6.07) is 6.03. The number of phenols is 1. The molecule has 3 fully saturated rings. The second-order valence-electron chi connectivity index (χ2n) is 12.9. The molecule has 1 aromatic carbocycles. The van der Waals surface area contributed by atoms with Crippen molar-refractivity contribution in [1.29, 1.82) is 0 Å². The molecule has 0 radical (unpaired) electrons. The van der Waals surface area contributed by atoms with Crippen LogP contribution in [-0.2, 0) is 16.0 Å². The van der Waals surface area contributed by atoms with Gasteiger partial charge in [-0.15, -0.1) is 0 Å². The fourth-order valence-electron chi connectivity index (χ4n) is 9.00. The zero-order valence-corrected chi connectivity index (χ0v) is 22.6.